The Kier molecular flexibility index (Phi) is 2.40. The maximum absolute atomic E-state index is 5.36. The SMILES string of the molecule is Cc1cnc(OCC2COC2)nc1. The second-order valence-corrected chi connectivity index (χ2v) is 3.26. The van der Waals surface area contributed by atoms with Crippen molar-refractivity contribution in [3.63, 3.8) is 0 Å². The minimum atomic E-state index is 0.456. The number of ether oxygens (including phenoxy) is 2. The van der Waals surface area contributed by atoms with Crippen LogP contribution in [0.4, 0.5) is 0 Å². The molecule has 0 atom stereocenters. The van der Waals surface area contributed by atoms with Gasteiger partial charge in [0.15, 0.2) is 0 Å². The number of nitrogens with zero attached hydrogens (tertiary/aromatic N) is 2. The Morgan fingerprint density at radius 3 is 2.69 bits per heavy atom. The van der Waals surface area contributed by atoms with Gasteiger partial charge < -0.3 is 9.47 Å². The minimum absolute atomic E-state index is 0.456. The number of rotatable bonds is 3. The molecule has 1 aliphatic rings. The Labute approximate surface area is 76.9 Å². The zero-order chi connectivity index (χ0) is 9.10. The Morgan fingerprint density at radius 1 is 1.46 bits per heavy atom. The molecule has 1 aromatic rings. The third kappa shape index (κ3) is 2.15. The summed E-state index contributed by atoms with van der Waals surface area (Å²) in [4.78, 5) is 8.07. The van der Waals surface area contributed by atoms with Crippen LogP contribution in [0, 0.1) is 12.8 Å². The molecule has 0 unspecified atom stereocenters. The molecule has 2 heterocycles. The fourth-order valence-electron chi connectivity index (χ4n) is 1.03. The molecule has 0 aliphatic carbocycles. The highest BCUT2D eigenvalue weighted by Crippen LogP contribution is 2.11. The first kappa shape index (κ1) is 8.44. The van der Waals surface area contributed by atoms with E-state index in [1.807, 2.05) is 6.92 Å². The molecule has 0 spiro atoms. The highest BCUT2D eigenvalue weighted by molar-refractivity contribution is 5.04. The summed E-state index contributed by atoms with van der Waals surface area (Å²) in [5.41, 5.74) is 1.04. The number of aromatic nitrogens is 2. The fourth-order valence-corrected chi connectivity index (χ4v) is 1.03. The van der Waals surface area contributed by atoms with Crippen molar-refractivity contribution in [2.24, 2.45) is 5.92 Å². The summed E-state index contributed by atoms with van der Waals surface area (Å²) in [6.07, 6.45) is 3.50. The van der Waals surface area contributed by atoms with E-state index in [0.717, 1.165) is 18.8 Å². The van der Waals surface area contributed by atoms with Gasteiger partial charge in [-0.15, -0.1) is 0 Å². The predicted octanol–water partition coefficient (Wildman–Crippen LogP) is 0.810. The van der Waals surface area contributed by atoms with E-state index < -0.39 is 0 Å². The van der Waals surface area contributed by atoms with Crippen LogP contribution in [-0.2, 0) is 4.74 Å². The second kappa shape index (κ2) is 3.70. The molecule has 70 valence electrons. The quantitative estimate of drug-likeness (QED) is 0.690. The van der Waals surface area contributed by atoms with Crippen LogP contribution in [0.15, 0.2) is 12.4 Å². The Bertz CT molecular complexity index is 269. The number of hydrogen-bond donors (Lipinski definition) is 0. The zero-order valence-corrected chi connectivity index (χ0v) is 7.56. The third-order valence-electron chi connectivity index (χ3n) is 1.91. The first-order chi connectivity index (χ1) is 6.34. The normalized spacial score (nSPS) is 16.7. The van der Waals surface area contributed by atoms with Crippen LogP contribution in [0.3, 0.4) is 0 Å². The van der Waals surface area contributed by atoms with E-state index in [1.165, 1.54) is 0 Å². The molecule has 13 heavy (non-hydrogen) atoms. The molecule has 2 rings (SSSR count). The van der Waals surface area contributed by atoms with Crippen molar-refractivity contribution in [1.82, 2.24) is 9.97 Å². The van der Waals surface area contributed by atoms with Gasteiger partial charge in [-0.2, -0.15) is 0 Å². The molecule has 1 saturated heterocycles. The molecule has 0 radical (unpaired) electrons. The number of aryl methyl sites for hydroxylation is 1. The first-order valence-electron chi connectivity index (χ1n) is 4.34. The molecule has 0 amide bonds. The highest BCUT2D eigenvalue weighted by Gasteiger charge is 2.19. The van der Waals surface area contributed by atoms with Gasteiger partial charge in [-0.3, -0.25) is 0 Å². The smallest absolute Gasteiger partial charge is 0.316 e. The van der Waals surface area contributed by atoms with Crippen molar-refractivity contribution in [2.45, 2.75) is 6.92 Å². The predicted molar refractivity (Wildman–Crippen MR) is 46.6 cm³/mol. The molecular formula is C9H12N2O2. The van der Waals surface area contributed by atoms with E-state index in [1.54, 1.807) is 12.4 Å². The molecule has 1 fully saturated rings. The van der Waals surface area contributed by atoms with Crippen molar-refractivity contribution < 1.29 is 9.47 Å². The standard InChI is InChI=1S/C9H12N2O2/c1-7-2-10-9(11-3-7)13-6-8-4-12-5-8/h2-3,8H,4-6H2,1H3. The second-order valence-electron chi connectivity index (χ2n) is 3.26. The van der Waals surface area contributed by atoms with Gasteiger partial charge in [0, 0.05) is 18.3 Å². The fraction of sp³-hybridized carbons (Fsp3) is 0.556. The van der Waals surface area contributed by atoms with Crippen LogP contribution >= 0.6 is 0 Å². The van der Waals surface area contributed by atoms with Crippen molar-refractivity contribution in [2.75, 3.05) is 19.8 Å². The van der Waals surface area contributed by atoms with Gasteiger partial charge in [-0.05, 0) is 12.5 Å². The molecule has 0 bridgehead atoms. The van der Waals surface area contributed by atoms with Crippen molar-refractivity contribution in [3.05, 3.63) is 18.0 Å². The van der Waals surface area contributed by atoms with E-state index >= 15 is 0 Å². The average Bonchev–Trinajstić information content (AvgIpc) is 2.05. The van der Waals surface area contributed by atoms with Gasteiger partial charge in [-0.1, -0.05) is 0 Å². The maximum atomic E-state index is 5.36. The summed E-state index contributed by atoms with van der Waals surface area (Å²) in [6.45, 7) is 4.20. The van der Waals surface area contributed by atoms with Gasteiger partial charge in [0.25, 0.3) is 0 Å². The maximum Gasteiger partial charge on any atom is 0.316 e. The van der Waals surface area contributed by atoms with Gasteiger partial charge in [0.1, 0.15) is 0 Å². The van der Waals surface area contributed by atoms with Crippen LogP contribution in [0.1, 0.15) is 5.56 Å². The van der Waals surface area contributed by atoms with Crippen molar-refractivity contribution in [1.29, 1.82) is 0 Å². The minimum Gasteiger partial charge on any atom is -0.463 e. The lowest BCUT2D eigenvalue weighted by atomic mass is 10.1. The van der Waals surface area contributed by atoms with E-state index in [2.05, 4.69) is 9.97 Å². The van der Waals surface area contributed by atoms with Gasteiger partial charge >= 0.3 is 6.01 Å². The summed E-state index contributed by atoms with van der Waals surface area (Å²) in [7, 11) is 0. The topological polar surface area (TPSA) is 44.2 Å². The lowest BCUT2D eigenvalue weighted by molar-refractivity contribution is -0.0520. The molecular weight excluding hydrogens is 168 g/mol. The summed E-state index contributed by atoms with van der Waals surface area (Å²) < 4.78 is 10.4. The Morgan fingerprint density at radius 2 is 2.15 bits per heavy atom. The lowest BCUT2D eigenvalue weighted by Crippen LogP contribution is -2.32. The van der Waals surface area contributed by atoms with Crippen molar-refractivity contribution >= 4 is 0 Å². The molecule has 1 aliphatic heterocycles. The monoisotopic (exact) mass is 180 g/mol. The first-order valence-corrected chi connectivity index (χ1v) is 4.34. The molecule has 1 aromatic heterocycles. The molecule has 4 heteroatoms. The molecule has 0 aromatic carbocycles. The molecule has 4 nitrogen and oxygen atoms in total. The highest BCUT2D eigenvalue weighted by atomic mass is 16.5. The van der Waals surface area contributed by atoms with E-state index in [9.17, 15) is 0 Å². The van der Waals surface area contributed by atoms with E-state index in [-0.39, 0.29) is 0 Å². The zero-order valence-electron chi connectivity index (χ0n) is 7.56. The Hall–Kier alpha value is -1.16. The molecule has 0 N–H and O–H groups in total. The summed E-state index contributed by atoms with van der Waals surface area (Å²) in [6, 6.07) is 0.456. The lowest BCUT2D eigenvalue weighted by Gasteiger charge is -2.25. The van der Waals surface area contributed by atoms with E-state index in [0.29, 0.717) is 18.5 Å². The van der Waals surface area contributed by atoms with Gasteiger partial charge in [0.05, 0.1) is 19.8 Å². The molecule has 0 saturated carbocycles. The van der Waals surface area contributed by atoms with Crippen LogP contribution in [-0.4, -0.2) is 29.8 Å². The van der Waals surface area contributed by atoms with Crippen molar-refractivity contribution in [3.8, 4) is 6.01 Å². The third-order valence-corrected chi connectivity index (χ3v) is 1.91. The average molecular weight is 180 g/mol. The largest absolute Gasteiger partial charge is 0.463 e. The van der Waals surface area contributed by atoms with E-state index in [4.69, 9.17) is 9.47 Å². The Balaban J connectivity index is 1.83. The summed E-state index contributed by atoms with van der Waals surface area (Å²) in [5, 5.41) is 0. The van der Waals surface area contributed by atoms with Crippen LogP contribution in [0.25, 0.3) is 0 Å². The van der Waals surface area contributed by atoms with Gasteiger partial charge in [-0.25, -0.2) is 9.97 Å². The number of hydrogen-bond acceptors (Lipinski definition) is 4. The van der Waals surface area contributed by atoms with Crippen LogP contribution < -0.4 is 4.74 Å². The van der Waals surface area contributed by atoms with Crippen LogP contribution in [0.2, 0.25) is 0 Å². The van der Waals surface area contributed by atoms with Gasteiger partial charge in [0.2, 0.25) is 0 Å². The summed E-state index contributed by atoms with van der Waals surface area (Å²) in [5.74, 6) is 0.518. The van der Waals surface area contributed by atoms with Crippen LogP contribution in [0.5, 0.6) is 6.01 Å². The summed E-state index contributed by atoms with van der Waals surface area (Å²) >= 11 is 0.